The molecule has 2 unspecified atom stereocenters. The molecule has 3 aromatic carbocycles. The molecule has 0 fully saturated rings. The predicted octanol–water partition coefficient (Wildman–Crippen LogP) is 5.06. The Kier molecular flexibility index (Phi) is 4.65. The smallest absolute Gasteiger partial charge is 0.261 e. The van der Waals surface area contributed by atoms with Crippen LogP contribution in [0.15, 0.2) is 71.7 Å². The summed E-state index contributed by atoms with van der Waals surface area (Å²) in [4.78, 5) is 23.0. The molecule has 6 nitrogen and oxygen atoms in total. The molecule has 2 heterocycles. The quantitative estimate of drug-likeness (QED) is 0.563. The topological polar surface area (TPSA) is 72.3 Å². The second-order valence-corrected chi connectivity index (χ2v) is 8.37. The van der Waals surface area contributed by atoms with Crippen molar-refractivity contribution < 1.29 is 9.53 Å². The molecule has 32 heavy (non-hydrogen) atoms. The number of carbonyl (C=O) groups excluding carboxylic acids is 1. The zero-order valence-electron chi connectivity index (χ0n) is 17.2. The maximum Gasteiger partial charge on any atom is 0.261 e. The van der Waals surface area contributed by atoms with E-state index in [-0.39, 0.29) is 11.9 Å². The molecule has 0 bridgehead atoms. The SMILES string of the molecule is [C-]#[N+]c1cccc(-c2ccc3c(c2)C2(CC(c4cccc(Cl)c4)O3)N=C(N)N(C)C2=O)c1. The fraction of sp³-hybridized carbons (Fsp3) is 0.160. The van der Waals surface area contributed by atoms with Gasteiger partial charge in [0.05, 0.1) is 6.57 Å². The molecule has 0 radical (unpaired) electrons. The van der Waals surface area contributed by atoms with Crippen LogP contribution in [-0.4, -0.2) is 23.8 Å². The second kappa shape index (κ2) is 7.40. The minimum atomic E-state index is -1.19. The van der Waals surface area contributed by atoms with Gasteiger partial charge in [-0.3, -0.25) is 9.69 Å². The van der Waals surface area contributed by atoms with Gasteiger partial charge in [0.15, 0.2) is 17.2 Å². The molecule has 158 valence electrons. The Balaban J connectivity index is 1.67. The minimum absolute atomic E-state index is 0.174. The van der Waals surface area contributed by atoms with Gasteiger partial charge in [0, 0.05) is 24.1 Å². The number of benzene rings is 3. The fourth-order valence-corrected chi connectivity index (χ4v) is 4.56. The molecule has 2 aliphatic heterocycles. The Labute approximate surface area is 190 Å². The Bertz CT molecular complexity index is 1330. The first kappa shape index (κ1) is 20.1. The number of aliphatic imine (C=N–C) groups is 1. The maximum atomic E-state index is 13.5. The lowest BCUT2D eigenvalue weighted by Gasteiger charge is -2.37. The first-order valence-corrected chi connectivity index (χ1v) is 10.5. The number of guanidine groups is 1. The summed E-state index contributed by atoms with van der Waals surface area (Å²) in [6, 6.07) is 20.5. The summed E-state index contributed by atoms with van der Waals surface area (Å²) in [7, 11) is 1.63. The second-order valence-electron chi connectivity index (χ2n) is 7.93. The number of halogens is 1. The first-order chi connectivity index (χ1) is 15.4. The Hall–Kier alpha value is -3.82. The van der Waals surface area contributed by atoms with E-state index in [1.54, 1.807) is 19.2 Å². The van der Waals surface area contributed by atoms with E-state index in [1.807, 2.05) is 54.6 Å². The number of amides is 1. The van der Waals surface area contributed by atoms with Gasteiger partial charge in [0.25, 0.3) is 5.91 Å². The number of likely N-dealkylation sites (N-methyl/N-ethyl adjacent to an activating group) is 1. The van der Waals surface area contributed by atoms with E-state index in [4.69, 9.17) is 28.6 Å². The van der Waals surface area contributed by atoms with Crippen LogP contribution < -0.4 is 10.5 Å². The first-order valence-electron chi connectivity index (χ1n) is 10.1. The molecule has 2 N–H and O–H groups in total. The molecule has 0 saturated carbocycles. The van der Waals surface area contributed by atoms with Crippen LogP contribution >= 0.6 is 11.6 Å². The summed E-state index contributed by atoms with van der Waals surface area (Å²) < 4.78 is 6.33. The summed E-state index contributed by atoms with van der Waals surface area (Å²) in [5, 5.41) is 0.596. The van der Waals surface area contributed by atoms with E-state index in [9.17, 15) is 4.79 Å². The number of hydrogen-bond donors (Lipinski definition) is 1. The summed E-state index contributed by atoms with van der Waals surface area (Å²) in [5.41, 5.74) is 8.73. The number of nitrogens with zero attached hydrogens (tertiary/aromatic N) is 3. The lowest BCUT2D eigenvalue weighted by molar-refractivity contribution is -0.132. The third-order valence-electron chi connectivity index (χ3n) is 6.01. The Morgan fingerprint density at radius 1 is 1.16 bits per heavy atom. The number of ether oxygens (including phenoxy) is 1. The van der Waals surface area contributed by atoms with Crippen LogP contribution in [0.5, 0.6) is 5.75 Å². The van der Waals surface area contributed by atoms with Gasteiger partial charge in [-0.2, -0.15) is 0 Å². The molecular weight excluding hydrogens is 424 g/mol. The number of carbonyl (C=O) groups is 1. The van der Waals surface area contributed by atoms with E-state index >= 15 is 0 Å². The van der Waals surface area contributed by atoms with Crippen molar-refractivity contribution in [2.24, 2.45) is 10.7 Å². The van der Waals surface area contributed by atoms with Crippen molar-refractivity contribution in [1.29, 1.82) is 0 Å². The largest absolute Gasteiger partial charge is 0.485 e. The molecule has 1 amide bonds. The maximum absolute atomic E-state index is 13.5. The molecule has 7 heteroatoms. The Morgan fingerprint density at radius 2 is 1.94 bits per heavy atom. The van der Waals surface area contributed by atoms with Crippen LogP contribution in [0.4, 0.5) is 5.69 Å². The van der Waals surface area contributed by atoms with Crippen LogP contribution in [0.3, 0.4) is 0 Å². The number of hydrogen-bond acceptors (Lipinski definition) is 4. The van der Waals surface area contributed by atoms with Gasteiger partial charge in [-0.25, -0.2) is 9.84 Å². The zero-order valence-corrected chi connectivity index (χ0v) is 18.0. The van der Waals surface area contributed by atoms with Crippen molar-refractivity contribution in [3.63, 3.8) is 0 Å². The van der Waals surface area contributed by atoms with Crippen LogP contribution in [-0.2, 0) is 10.3 Å². The normalized spacial score (nSPS) is 21.7. The fourth-order valence-electron chi connectivity index (χ4n) is 4.36. The van der Waals surface area contributed by atoms with Crippen molar-refractivity contribution in [3.8, 4) is 16.9 Å². The van der Waals surface area contributed by atoms with E-state index in [2.05, 4.69) is 9.84 Å². The highest BCUT2D eigenvalue weighted by Crippen LogP contribution is 2.50. The predicted molar refractivity (Wildman–Crippen MR) is 124 cm³/mol. The van der Waals surface area contributed by atoms with E-state index in [0.29, 0.717) is 28.4 Å². The highest BCUT2D eigenvalue weighted by Gasteiger charge is 2.53. The van der Waals surface area contributed by atoms with Crippen molar-refractivity contribution in [2.45, 2.75) is 18.1 Å². The van der Waals surface area contributed by atoms with Gasteiger partial charge in [-0.05, 0) is 47.0 Å². The van der Waals surface area contributed by atoms with Crippen LogP contribution in [0.1, 0.15) is 23.7 Å². The summed E-state index contributed by atoms with van der Waals surface area (Å²) in [5.74, 6) is 0.554. The number of nitrogens with two attached hydrogens (primary N) is 1. The van der Waals surface area contributed by atoms with Crippen molar-refractivity contribution in [3.05, 3.63) is 94.3 Å². The average Bonchev–Trinajstić information content (AvgIpc) is 3.02. The van der Waals surface area contributed by atoms with E-state index < -0.39 is 11.6 Å². The zero-order chi connectivity index (χ0) is 22.5. The average molecular weight is 443 g/mol. The van der Waals surface area contributed by atoms with Gasteiger partial charge >= 0.3 is 0 Å². The highest BCUT2D eigenvalue weighted by atomic mass is 35.5. The minimum Gasteiger partial charge on any atom is -0.485 e. The molecule has 3 aromatic rings. The highest BCUT2D eigenvalue weighted by molar-refractivity contribution is 6.30. The monoisotopic (exact) mass is 442 g/mol. The molecule has 1 spiro atoms. The molecule has 0 aliphatic carbocycles. The third-order valence-corrected chi connectivity index (χ3v) is 6.25. The molecule has 0 aromatic heterocycles. The third kappa shape index (κ3) is 3.10. The summed E-state index contributed by atoms with van der Waals surface area (Å²) >= 11 is 6.20. The van der Waals surface area contributed by atoms with E-state index in [1.165, 1.54) is 4.90 Å². The molecule has 5 rings (SSSR count). The van der Waals surface area contributed by atoms with Crippen LogP contribution in [0.25, 0.3) is 16.0 Å². The molecule has 2 atom stereocenters. The van der Waals surface area contributed by atoms with Crippen molar-refractivity contribution >= 4 is 29.2 Å². The van der Waals surface area contributed by atoms with Gasteiger partial charge in [-0.15, -0.1) is 0 Å². The lowest BCUT2D eigenvalue weighted by atomic mass is 9.79. The molecular formula is C25H19ClN4O2. The summed E-state index contributed by atoms with van der Waals surface area (Å²) in [6.07, 6.45) is -0.111. The number of fused-ring (bicyclic) bond motifs is 2. The lowest BCUT2D eigenvalue weighted by Crippen LogP contribution is -2.43. The van der Waals surface area contributed by atoms with Crippen molar-refractivity contribution in [1.82, 2.24) is 4.90 Å². The summed E-state index contributed by atoms with van der Waals surface area (Å²) in [6.45, 7) is 7.29. The van der Waals surface area contributed by atoms with E-state index in [0.717, 1.165) is 16.7 Å². The van der Waals surface area contributed by atoms with Crippen LogP contribution in [0, 0.1) is 6.57 Å². The van der Waals surface area contributed by atoms with Gasteiger partial charge in [-0.1, -0.05) is 48.0 Å². The van der Waals surface area contributed by atoms with Gasteiger partial charge in [0.2, 0.25) is 0 Å². The standard InChI is InChI=1S/C25H19ClN4O2/c1-28-19-8-4-5-15(12-19)16-9-10-21-20(13-16)25(23(31)30(2)24(27)29-25)14-22(32-21)17-6-3-7-18(26)11-17/h3-13,22H,14H2,2H3,(H2,27,29). The van der Waals surface area contributed by atoms with Gasteiger partial charge in [0.1, 0.15) is 11.9 Å². The van der Waals surface area contributed by atoms with Gasteiger partial charge < -0.3 is 10.5 Å². The molecule has 2 aliphatic rings. The Morgan fingerprint density at radius 3 is 2.66 bits per heavy atom. The number of rotatable bonds is 2. The van der Waals surface area contributed by atoms with Crippen LogP contribution in [0.2, 0.25) is 5.02 Å². The van der Waals surface area contributed by atoms with Crippen molar-refractivity contribution in [2.75, 3.05) is 7.05 Å². The molecule has 0 saturated heterocycles.